The zero-order valence-corrected chi connectivity index (χ0v) is 18.2. The normalized spacial score (nSPS) is 40.6. The van der Waals surface area contributed by atoms with Crippen molar-refractivity contribution in [2.24, 2.45) is 0 Å². The van der Waals surface area contributed by atoms with E-state index in [4.69, 9.17) is 28.4 Å². The SMILES string of the molecule is CCCOC(=O)CCCCCCCCCCCCCCC1OC12OC21OC23OC21O3. The molecule has 0 aliphatic carbocycles. The smallest absolute Gasteiger partial charge is 0.355 e. The minimum atomic E-state index is -0.725. The highest BCUT2D eigenvalue weighted by molar-refractivity contribution is 5.69. The van der Waals surface area contributed by atoms with E-state index in [1.165, 1.54) is 64.2 Å². The largest absolute Gasteiger partial charge is 0.466 e. The third-order valence-electron chi connectivity index (χ3n) is 7.05. The molecule has 5 heterocycles. The first-order chi connectivity index (χ1) is 14.6. The molecule has 2 spiro atoms. The van der Waals surface area contributed by atoms with Crippen molar-refractivity contribution < 1.29 is 33.2 Å². The average molecular weight is 425 g/mol. The highest BCUT2D eigenvalue weighted by Gasteiger charge is 3.23. The van der Waals surface area contributed by atoms with E-state index in [-0.39, 0.29) is 12.1 Å². The van der Waals surface area contributed by atoms with Gasteiger partial charge in [-0.05, 0) is 19.3 Å². The summed E-state index contributed by atoms with van der Waals surface area (Å²) in [5.74, 6) is -2.60. The maximum absolute atomic E-state index is 11.4. The summed E-state index contributed by atoms with van der Waals surface area (Å²) in [6, 6.07) is 0. The van der Waals surface area contributed by atoms with E-state index in [0.717, 1.165) is 25.7 Å². The molecule has 30 heavy (non-hydrogen) atoms. The van der Waals surface area contributed by atoms with E-state index in [1.54, 1.807) is 0 Å². The second-order valence-corrected chi connectivity index (χ2v) is 9.47. The van der Waals surface area contributed by atoms with E-state index >= 15 is 0 Å². The second-order valence-electron chi connectivity index (χ2n) is 9.47. The van der Waals surface area contributed by atoms with Gasteiger partial charge in [-0.1, -0.05) is 77.6 Å². The molecular weight excluding hydrogens is 388 g/mol. The lowest BCUT2D eigenvalue weighted by atomic mass is 10.0. The lowest BCUT2D eigenvalue weighted by Gasteiger charge is -2.08. The summed E-state index contributed by atoms with van der Waals surface area (Å²) in [5, 5.41) is 0. The highest BCUT2D eigenvalue weighted by Crippen LogP contribution is 2.93. The lowest BCUT2D eigenvalue weighted by molar-refractivity contribution is -0.166. The van der Waals surface area contributed by atoms with Crippen molar-refractivity contribution in [2.45, 2.75) is 133 Å². The highest BCUT2D eigenvalue weighted by atomic mass is 17.3. The van der Waals surface area contributed by atoms with Crippen molar-refractivity contribution in [3.05, 3.63) is 0 Å². The molecule has 170 valence electrons. The summed E-state index contributed by atoms with van der Waals surface area (Å²) in [6.45, 7) is 2.58. The summed E-state index contributed by atoms with van der Waals surface area (Å²) in [6.07, 6.45) is 17.7. The van der Waals surface area contributed by atoms with Gasteiger partial charge < -0.3 is 9.47 Å². The number of hydrogen-bond acceptors (Lipinski definition) is 7. The first kappa shape index (κ1) is 21.1. The van der Waals surface area contributed by atoms with Gasteiger partial charge in [0.1, 0.15) is 6.10 Å². The van der Waals surface area contributed by atoms with Crippen molar-refractivity contribution in [3.63, 3.8) is 0 Å². The minimum Gasteiger partial charge on any atom is -0.466 e. The van der Waals surface area contributed by atoms with Crippen LogP contribution in [0, 0.1) is 0 Å². The zero-order valence-electron chi connectivity index (χ0n) is 18.2. The summed E-state index contributed by atoms with van der Waals surface area (Å²) >= 11 is 0. The van der Waals surface area contributed by atoms with Crippen molar-refractivity contribution in [2.75, 3.05) is 6.61 Å². The zero-order chi connectivity index (χ0) is 20.7. The van der Waals surface area contributed by atoms with E-state index in [2.05, 4.69) is 0 Å². The minimum absolute atomic E-state index is 0.0327. The van der Waals surface area contributed by atoms with Gasteiger partial charge in [-0.3, -0.25) is 23.7 Å². The number of epoxide rings is 4. The Morgan fingerprint density at radius 3 is 1.87 bits per heavy atom. The average Bonchev–Trinajstić information content (AvgIpc) is 3.64. The Hall–Kier alpha value is -0.730. The topological polar surface area (TPSA) is 85.7 Å². The third kappa shape index (κ3) is 3.41. The Morgan fingerprint density at radius 2 is 1.33 bits per heavy atom. The van der Waals surface area contributed by atoms with Crippen LogP contribution in [0.4, 0.5) is 0 Å². The molecule has 0 amide bonds. The fraction of sp³-hybridized carbons (Fsp3) is 0.957. The van der Waals surface area contributed by atoms with E-state index in [0.29, 0.717) is 13.0 Å². The fourth-order valence-electron chi connectivity index (χ4n) is 5.03. The molecule has 5 saturated heterocycles. The van der Waals surface area contributed by atoms with Crippen LogP contribution in [0.1, 0.15) is 103 Å². The Bertz CT molecular complexity index is 645. The molecule has 0 aromatic heterocycles. The quantitative estimate of drug-likeness (QED) is 0.191. The summed E-state index contributed by atoms with van der Waals surface area (Å²) in [7, 11) is 0. The molecule has 0 bridgehead atoms. The second kappa shape index (κ2) is 8.00. The van der Waals surface area contributed by atoms with Crippen molar-refractivity contribution in [1.82, 2.24) is 0 Å². The van der Waals surface area contributed by atoms with Gasteiger partial charge in [0.2, 0.25) is 0 Å². The number of esters is 1. The maximum Gasteiger partial charge on any atom is 0.355 e. The van der Waals surface area contributed by atoms with Crippen LogP contribution in [0.3, 0.4) is 0 Å². The molecule has 0 N–H and O–H groups in total. The summed E-state index contributed by atoms with van der Waals surface area (Å²) < 4.78 is 32.9. The van der Waals surface area contributed by atoms with Crippen LogP contribution in [0.2, 0.25) is 0 Å². The van der Waals surface area contributed by atoms with E-state index in [9.17, 15) is 4.79 Å². The number of rotatable bonds is 17. The number of carbonyl (C=O) groups excluding carboxylic acids is 1. The maximum atomic E-state index is 11.4. The molecule has 3 atom stereocenters. The number of hydrogen-bond donors (Lipinski definition) is 0. The van der Waals surface area contributed by atoms with Crippen LogP contribution < -0.4 is 0 Å². The molecule has 5 fully saturated rings. The molecule has 5 aliphatic rings. The number of carbonyl (C=O) groups is 1. The van der Waals surface area contributed by atoms with Gasteiger partial charge >= 0.3 is 17.7 Å². The van der Waals surface area contributed by atoms with Crippen LogP contribution in [0.15, 0.2) is 0 Å². The Morgan fingerprint density at radius 1 is 0.767 bits per heavy atom. The van der Waals surface area contributed by atoms with Gasteiger partial charge in [0.05, 0.1) is 6.61 Å². The van der Waals surface area contributed by atoms with E-state index in [1.807, 2.05) is 6.92 Å². The summed E-state index contributed by atoms with van der Waals surface area (Å²) in [4.78, 5) is 11.4. The lowest BCUT2D eigenvalue weighted by Crippen LogP contribution is -2.41. The van der Waals surface area contributed by atoms with Crippen LogP contribution >= 0.6 is 0 Å². The molecule has 3 unspecified atom stereocenters. The molecule has 7 nitrogen and oxygen atoms in total. The molecule has 5 rings (SSSR count). The monoisotopic (exact) mass is 424 g/mol. The standard InChI is InChI=1S/C23H36O7/c1-2-17-25-19(24)16-14-12-10-8-6-4-3-5-7-9-11-13-15-18-20(26-18)21(27-20)22-23(28-21,29-22)30-22/h18H,2-17H2,1H3. The Kier molecular flexibility index (Phi) is 5.63. The van der Waals surface area contributed by atoms with Crippen LogP contribution in [0.25, 0.3) is 0 Å². The van der Waals surface area contributed by atoms with Gasteiger partial charge in [0.25, 0.3) is 11.6 Å². The molecule has 0 aromatic carbocycles. The van der Waals surface area contributed by atoms with Crippen LogP contribution in [-0.2, 0) is 33.2 Å². The van der Waals surface area contributed by atoms with Crippen molar-refractivity contribution >= 4 is 5.97 Å². The third-order valence-corrected chi connectivity index (χ3v) is 7.05. The van der Waals surface area contributed by atoms with Gasteiger partial charge in [0.15, 0.2) is 0 Å². The first-order valence-corrected chi connectivity index (χ1v) is 12.3. The van der Waals surface area contributed by atoms with E-state index < -0.39 is 23.3 Å². The molecule has 5 aliphatic heterocycles. The van der Waals surface area contributed by atoms with Gasteiger partial charge in [-0.25, -0.2) is 0 Å². The Balaban J connectivity index is 0.767. The Labute approximate surface area is 179 Å². The van der Waals surface area contributed by atoms with Crippen LogP contribution in [0.5, 0.6) is 0 Å². The van der Waals surface area contributed by atoms with Gasteiger partial charge in [0, 0.05) is 6.42 Å². The number of fused-ring (bicyclic) bond motifs is 1. The van der Waals surface area contributed by atoms with Crippen molar-refractivity contribution in [1.29, 1.82) is 0 Å². The number of ether oxygens (including phenoxy) is 6. The summed E-state index contributed by atoms with van der Waals surface area (Å²) in [5.41, 5.74) is 0. The van der Waals surface area contributed by atoms with Gasteiger partial charge in [-0.15, -0.1) is 0 Å². The molecule has 0 aromatic rings. The first-order valence-electron chi connectivity index (χ1n) is 12.3. The van der Waals surface area contributed by atoms with Crippen LogP contribution in [-0.4, -0.2) is 42.0 Å². The predicted octanol–water partition coefficient (Wildman–Crippen LogP) is 4.66. The molecule has 0 saturated carbocycles. The van der Waals surface area contributed by atoms with Crippen molar-refractivity contribution in [3.8, 4) is 0 Å². The molecular formula is C23H36O7. The molecule has 7 heteroatoms. The fourth-order valence-corrected chi connectivity index (χ4v) is 5.03. The predicted molar refractivity (Wildman–Crippen MR) is 106 cm³/mol. The molecule has 0 radical (unpaired) electrons. The van der Waals surface area contributed by atoms with Gasteiger partial charge in [-0.2, -0.15) is 0 Å². The number of unbranched alkanes of at least 4 members (excludes halogenated alkanes) is 11.